The zero-order valence-corrected chi connectivity index (χ0v) is 10.1. The Kier molecular flexibility index (Phi) is 4.35. The summed E-state index contributed by atoms with van der Waals surface area (Å²) in [6.07, 6.45) is 2.35. The molecular formula is C13H22N2. The van der Waals surface area contributed by atoms with Crippen LogP contribution in [0.4, 0.5) is 0 Å². The summed E-state index contributed by atoms with van der Waals surface area (Å²) in [5.74, 6) is 0. The van der Waals surface area contributed by atoms with E-state index in [9.17, 15) is 0 Å². The Morgan fingerprint density at radius 2 is 2.07 bits per heavy atom. The largest absolute Gasteiger partial charge is 0.282 e. The van der Waals surface area contributed by atoms with Gasteiger partial charge in [0.2, 0.25) is 0 Å². The average Bonchev–Trinajstić information content (AvgIpc) is 2.64. The Morgan fingerprint density at radius 3 is 2.73 bits per heavy atom. The van der Waals surface area contributed by atoms with E-state index in [2.05, 4.69) is 42.2 Å². The van der Waals surface area contributed by atoms with Crippen LogP contribution in [-0.4, -0.2) is 10.2 Å². The second-order valence-electron chi connectivity index (χ2n) is 3.45. The molecule has 0 amide bonds. The fourth-order valence-electron chi connectivity index (χ4n) is 1.63. The van der Waals surface area contributed by atoms with Crippen LogP contribution in [0.25, 0.3) is 10.9 Å². The molecule has 0 unspecified atom stereocenters. The van der Waals surface area contributed by atoms with Crippen LogP contribution in [0.3, 0.4) is 0 Å². The van der Waals surface area contributed by atoms with E-state index in [0.29, 0.717) is 0 Å². The highest BCUT2D eigenvalue weighted by Gasteiger charge is 2.01. The van der Waals surface area contributed by atoms with Crippen molar-refractivity contribution in [2.24, 2.45) is 0 Å². The lowest BCUT2D eigenvalue weighted by Crippen LogP contribution is -1.82. The number of hydrogen-bond donors (Lipinski definition) is 1. The second-order valence-corrected chi connectivity index (χ2v) is 3.45. The van der Waals surface area contributed by atoms with Crippen molar-refractivity contribution in [3.8, 4) is 0 Å². The van der Waals surface area contributed by atoms with Crippen LogP contribution in [0.15, 0.2) is 18.2 Å². The molecule has 1 aromatic heterocycles. The third-order valence-corrected chi connectivity index (χ3v) is 2.35. The number of nitrogens with one attached hydrogen (secondary N) is 1. The highest BCUT2D eigenvalue weighted by molar-refractivity contribution is 5.81. The molecule has 0 aliphatic rings. The summed E-state index contributed by atoms with van der Waals surface area (Å²) in [6.45, 7) is 8.26. The Balaban J connectivity index is 0.000000711. The van der Waals surface area contributed by atoms with E-state index in [-0.39, 0.29) is 1.43 Å². The molecular weight excluding hydrogens is 184 g/mol. The molecule has 0 aliphatic heterocycles. The van der Waals surface area contributed by atoms with Crippen LogP contribution in [-0.2, 0) is 6.42 Å². The Labute approximate surface area is 93.2 Å². The van der Waals surface area contributed by atoms with Gasteiger partial charge in [0.1, 0.15) is 0 Å². The van der Waals surface area contributed by atoms with Gasteiger partial charge in [-0.1, -0.05) is 33.3 Å². The van der Waals surface area contributed by atoms with Gasteiger partial charge in [-0.25, -0.2) is 0 Å². The van der Waals surface area contributed by atoms with Gasteiger partial charge >= 0.3 is 0 Å². The molecule has 0 saturated carbocycles. The first-order chi connectivity index (χ1) is 7.31. The van der Waals surface area contributed by atoms with Crippen LogP contribution in [0, 0.1) is 6.92 Å². The number of aromatic amines is 1. The summed E-state index contributed by atoms with van der Waals surface area (Å²) in [5, 5.41) is 8.45. The maximum Gasteiger partial charge on any atom is 0.0923 e. The number of benzene rings is 1. The zero-order chi connectivity index (χ0) is 11.3. The first-order valence-corrected chi connectivity index (χ1v) is 5.75. The van der Waals surface area contributed by atoms with Crippen molar-refractivity contribution >= 4 is 10.9 Å². The molecule has 0 spiro atoms. The van der Waals surface area contributed by atoms with Crippen molar-refractivity contribution in [3.63, 3.8) is 0 Å². The minimum Gasteiger partial charge on any atom is -0.282 e. The van der Waals surface area contributed by atoms with Crippen molar-refractivity contribution in [1.29, 1.82) is 0 Å². The SMILES string of the molecule is CC.CCCc1ccc2n[nH]c(C)c2c1.[HH]. The van der Waals surface area contributed by atoms with Gasteiger partial charge in [-0.3, -0.25) is 5.10 Å². The third-order valence-electron chi connectivity index (χ3n) is 2.35. The molecule has 84 valence electrons. The number of fused-ring (bicyclic) bond motifs is 1. The molecule has 2 heteroatoms. The van der Waals surface area contributed by atoms with Crippen LogP contribution >= 0.6 is 0 Å². The monoisotopic (exact) mass is 206 g/mol. The summed E-state index contributed by atoms with van der Waals surface area (Å²) in [4.78, 5) is 0. The standard InChI is InChI=1S/C11H14N2.C2H6.H2/c1-3-4-9-5-6-11-10(7-9)8(2)12-13-11;1-2;/h5-7H,3-4H2,1-2H3,(H,12,13);1-2H3;1H. The maximum atomic E-state index is 4.19. The van der Waals surface area contributed by atoms with Crippen molar-refractivity contribution in [3.05, 3.63) is 29.5 Å². The Hall–Kier alpha value is -1.31. The highest BCUT2D eigenvalue weighted by atomic mass is 15.1. The van der Waals surface area contributed by atoms with Crippen molar-refractivity contribution in [2.75, 3.05) is 0 Å². The Morgan fingerprint density at radius 1 is 1.33 bits per heavy atom. The lowest BCUT2D eigenvalue weighted by atomic mass is 10.1. The van der Waals surface area contributed by atoms with Crippen LogP contribution in [0.2, 0.25) is 0 Å². The van der Waals surface area contributed by atoms with Crippen LogP contribution in [0.5, 0.6) is 0 Å². The number of nitrogens with zero attached hydrogens (tertiary/aromatic N) is 1. The van der Waals surface area contributed by atoms with Gasteiger partial charge in [-0.2, -0.15) is 5.10 Å². The summed E-state index contributed by atoms with van der Waals surface area (Å²) in [6, 6.07) is 6.48. The lowest BCUT2D eigenvalue weighted by molar-refractivity contribution is 0.923. The second kappa shape index (κ2) is 5.54. The van der Waals surface area contributed by atoms with Crippen LogP contribution in [0.1, 0.15) is 39.9 Å². The average molecular weight is 206 g/mol. The van der Waals surface area contributed by atoms with E-state index in [1.54, 1.807) is 0 Å². The molecule has 0 bridgehead atoms. The molecule has 0 aliphatic carbocycles. The number of hydrogen-bond acceptors (Lipinski definition) is 1. The van der Waals surface area contributed by atoms with Gasteiger partial charge in [-0.15, -0.1) is 0 Å². The number of H-pyrrole nitrogens is 1. The molecule has 15 heavy (non-hydrogen) atoms. The number of aryl methyl sites for hydroxylation is 2. The maximum absolute atomic E-state index is 4.19. The molecule has 0 atom stereocenters. The fraction of sp³-hybridized carbons (Fsp3) is 0.462. The van der Waals surface area contributed by atoms with Gasteiger partial charge in [0, 0.05) is 12.5 Å². The Bertz CT molecular complexity index is 421. The quantitative estimate of drug-likeness (QED) is 0.787. The minimum atomic E-state index is 0. The lowest BCUT2D eigenvalue weighted by Gasteiger charge is -1.97. The molecule has 2 rings (SSSR count). The fourth-order valence-corrected chi connectivity index (χ4v) is 1.63. The number of aromatic nitrogens is 2. The molecule has 0 radical (unpaired) electrons. The van der Waals surface area contributed by atoms with E-state index in [4.69, 9.17) is 0 Å². The minimum absolute atomic E-state index is 0. The smallest absolute Gasteiger partial charge is 0.0923 e. The van der Waals surface area contributed by atoms with Gasteiger partial charge in [-0.05, 0) is 31.0 Å². The van der Waals surface area contributed by atoms with Crippen LogP contribution < -0.4 is 0 Å². The summed E-state index contributed by atoms with van der Waals surface area (Å²) < 4.78 is 0. The van der Waals surface area contributed by atoms with Crippen molar-refractivity contribution in [2.45, 2.75) is 40.5 Å². The first kappa shape index (κ1) is 11.8. The number of rotatable bonds is 2. The molecule has 0 saturated heterocycles. The molecule has 1 N–H and O–H groups in total. The molecule has 2 nitrogen and oxygen atoms in total. The summed E-state index contributed by atoms with van der Waals surface area (Å²) >= 11 is 0. The summed E-state index contributed by atoms with van der Waals surface area (Å²) in [7, 11) is 0. The van der Waals surface area contributed by atoms with E-state index in [0.717, 1.165) is 17.6 Å². The molecule has 1 aromatic carbocycles. The van der Waals surface area contributed by atoms with E-state index < -0.39 is 0 Å². The van der Waals surface area contributed by atoms with Crippen molar-refractivity contribution < 1.29 is 1.43 Å². The van der Waals surface area contributed by atoms with Gasteiger partial charge in [0.15, 0.2) is 0 Å². The predicted octanol–water partition coefficient (Wildman–Crippen LogP) is 4.10. The predicted molar refractivity (Wildman–Crippen MR) is 68.3 cm³/mol. The highest BCUT2D eigenvalue weighted by Crippen LogP contribution is 2.17. The van der Waals surface area contributed by atoms with Gasteiger partial charge in [0.05, 0.1) is 5.52 Å². The summed E-state index contributed by atoms with van der Waals surface area (Å²) in [5.41, 5.74) is 3.63. The van der Waals surface area contributed by atoms with E-state index in [1.165, 1.54) is 17.4 Å². The molecule has 1 heterocycles. The van der Waals surface area contributed by atoms with E-state index >= 15 is 0 Å². The van der Waals surface area contributed by atoms with Gasteiger partial charge in [0.25, 0.3) is 0 Å². The molecule has 2 aromatic rings. The first-order valence-electron chi connectivity index (χ1n) is 5.75. The third kappa shape index (κ3) is 2.58. The van der Waals surface area contributed by atoms with E-state index in [1.807, 2.05) is 13.8 Å². The molecule has 0 fully saturated rings. The topological polar surface area (TPSA) is 28.7 Å². The zero-order valence-electron chi connectivity index (χ0n) is 10.1. The van der Waals surface area contributed by atoms with Crippen molar-refractivity contribution in [1.82, 2.24) is 10.2 Å². The normalized spacial score (nSPS) is 9.87. The van der Waals surface area contributed by atoms with Gasteiger partial charge < -0.3 is 0 Å².